The van der Waals surface area contributed by atoms with E-state index in [1.165, 1.54) is 18.7 Å². The van der Waals surface area contributed by atoms with E-state index in [9.17, 15) is 0 Å². The van der Waals surface area contributed by atoms with Crippen LogP contribution in [0.5, 0.6) is 0 Å². The van der Waals surface area contributed by atoms with Gasteiger partial charge in [0.15, 0.2) is 0 Å². The van der Waals surface area contributed by atoms with E-state index in [4.69, 9.17) is 5.73 Å². The van der Waals surface area contributed by atoms with Crippen LogP contribution < -0.4 is 5.73 Å². The lowest BCUT2D eigenvalue weighted by atomic mass is 10.2. The van der Waals surface area contributed by atoms with E-state index in [0.29, 0.717) is 0 Å². The number of aryl methyl sites for hydroxylation is 1. The molecule has 1 aliphatic rings. The van der Waals surface area contributed by atoms with Crippen molar-refractivity contribution in [2.24, 2.45) is 5.73 Å². The smallest absolute Gasteiger partial charge is 0.109 e. The number of rotatable bonds is 1. The van der Waals surface area contributed by atoms with Gasteiger partial charge in [0.2, 0.25) is 0 Å². The molecule has 0 saturated carbocycles. The van der Waals surface area contributed by atoms with Crippen LogP contribution in [-0.4, -0.2) is 9.55 Å². The molecular weight excluding hydrogens is 230 g/mol. The normalized spacial score (nSPS) is 18.4. The summed E-state index contributed by atoms with van der Waals surface area (Å²) in [6, 6.07) is 0.0208. The zero-order valence-electron chi connectivity index (χ0n) is 7.76. The Bertz CT molecular complexity index is 317. The number of hydrogen-bond donors (Lipinski definition) is 1. The molecule has 0 aromatic carbocycles. The Morgan fingerprint density at radius 3 is 2.92 bits per heavy atom. The Labute approximate surface area is 86.5 Å². The van der Waals surface area contributed by atoms with Crippen molar-refractivity contribution in [2.75, 3.05) is 0 Å². The average Bonchev–Trinajstić information content (AvgIpc) is 2.45. The topological polar surface area (TPSA) is 43.8 Å². The van der Waals surface area contributed by atoms with Gasteiger partial charge >= 0.3 is 0 Å². The number of aromatic nitrogens is 2. The molecule has 0 saturated heterocycles. The van der Waals surface area contributed by atoms with Gasteiger partial charge in [-0.15, -0.1) is 0 Å². The van der Waals surface area contributed by atoms with Gasteiger partial charge in [-0.2, -0.15) is 0 Å². The monoisotopic (exact) mass is 243 g/mol. The molecule has 1 unspecified atom stereocenters. The molecule has 1 aromatic heterocycles. The number of imidazole rings is 1. The maximum absolute atomic E-state index is 5.82. The van der Waals surface area contributed by atoms with Crippen molar-refractivity contribution in [1.82, 2.24) is 9.55 Å². The molecule has 0 spiro atoms. The van der Waals surface area contributed by atoms with E-state index >= 15 is 0 Å². The highest BCUT2D eigenvalue weighted by molar-refractivity contribution is 9.10. The van der Waals surface area contributed by atoms with E-state index in [1.807, 2.05) is 6.92 Å². The van der Waals surface area contributed by atoms with Crippen LogP contribution in [0.1, 0.15) is 37.3 Å². The summed E-state index contributed by atoms with van der Waals surface area (Å²) in [6.45, 7) is 3.05. The second-order valence-electron chi connectivity index (χ2n) is 3.60. The highest BCUT2D eigenvalue weighted by Gasteiger charge is 2.19. The molecule has 13 heavy (non-hydrogen) atoms. The molecule has 4 heteroatoms. The molecule has 0 fully saturated rings. The summed E-state index contributed by atoms with van der Waals surface area (Å²) in [5.74, 6) is 1.19. The molecular formula is C9H14BrN3. The SMILES string of the molecule is CC(N)c1nc2n(c1Br)CCCC2. The average molecular weight is 244 g/mol. The molecule has 1 aromatic rings. The first-order valence-electron chi connectivity index (χ1n) is 4.70. The summed E-state index contributed by atoms with van der Waals surface area (Å²) in [5.41, 5.74) is 6.82. The number of fused-ring (bicyclic) bond motifs is 1. The second-order valence-corrected chi connectivity index (χ2v) is 4.35. The van der Waals surface area contributed by atoms with Crippen molar-refractivity contribution in [1.29, 1.82) is 0 Å². The fourth-order valence-corrected chi connectivity index (χ4v) is 2.59. The van der Waals surface area contributed by atoms with Gasteiger partial charge in [0.25, 0.3) is 0 Å². The first kappa shape index (κ1) is 9.21. The molecule has 2 heterocycles. The van der Waals surface area contributed by atoms with Gasteiger partial charge in [-0.25, -0.2) is 4.98 Å². The standard InChI is InChI=1S/C9H14BrN3/c1-6(11)8-9(10)13-5-3-2-4-7(13)12-8/h6H,2-5,11H2,1H3. The predicted molar refractivity (Wildman–Crippen MR) is 55.5 cm³/mol. The van der Waals surface area contributed by atoms with E-state index in [0.717, 1.165) is 23.3 Å². The molecule has 3 nitrogen and oxygen atoms in total. The lowest BCUT2D eigenvalue weighted by molar-refractivity contribution is 0.516. The van der Waals surface area contributed by atoms with Crippen LogP contribution in [0, 0.1) is 0 Å². The van der Waals surface area contributed by atoms with Gasteiger partial charge in [-0.1, -0.05) is 0 Å². The first-order chi connectivity index (χ1) is 6.20. The van der Waals surface area contributed by atoms with Crippen molar-refractivity contribution in [2.45, 2.75) is 38.8 Å². The summed E-state index contributed by atoms with van der Waals surface area (Å²) in [7, 11) is 0. The Kier molecular flexibility index (Phi) is 2.43. The minimum Gasteiger partial charge on any atom is -0.323 e. The van der Waals surface area contributed by atoms with E-state index in [-0.39, 0.29) is 6.04 Å². The second kappa shape index (κ2) is 3.42. The van der Waals surface area contributed by atoms with Crippen molar-refractivity contribution >= 4 is 15.9 Å². The van der Waals surface area contributed by atoms with E-state index in [2.05, 4.69) is 25.5 Å². The molecule has 1 aliphatic heterocycles. The summed E-state index contributed by atoms with van der Waals surface area (Å²) in [5, 5.41) is 0. The predicted octanol–water partition coefficient (Wildman–Crippen LogP) is 2.00. The van der Waals surface area contributed by atoms with Crippen LogP contribution in [0.4, 0.5) is 0 Å². The minimum atomic E-state index is 0.0208. The third-order valence-electron chi connectivity index (χ3n) is 2.47. The fraction of sp³-hybridized carbons (Fsp3) is 0.667. The maximum Gasteiger partial charge on any atom is 0.109 e. The van der Waals surface area contributed by atoms with Gasteiger partial charge in [0.1, 0.15) is 10.4 Å². The van der Waals surface area contributed by atoms with E-state index < -0.39 is 0 Å². The molecule has 0 radical (unpaired) electrons. The fourth-order valence-electron chi connectivity index (χ4n) is 1.76. The quantitative estimate of drug-likeness (QED) is 0.821. The lowest BCUT2D eigenvalue weighted by Crippen LogP contribution is -2.10. The van der Waals surface area contributed by atoms with Crippen molar-refractivity contribution in [3.63, 3.8) is 0 Å². The van der Waals surface area contributed by atoms with Crippen molar-refractivity contribution < 1.29 is 0 Å². The molecule has 0 bridgehead atoms. The Balaban J connectivity index is 2.44. The minimum absolute atomic E-state index is 0.0208. The summed E-state index contributed by atoms with van der Waals surface area (Å²) in [4.78, 5) is 4.54. The van der Waals surface area contributed by atoms with Crippen LogP contribution in [-0.2, 0) is 13.0 Å². The van der Waals surface area contributed by atoms with Gasteiger partial charge in [-0.3, -0.25) is 0 Å². The molecule has 0 amide bonds. The third kappa shape index (κ3) is 1.53. The van der Waals surface area contributed by atoms with Crippen LogP contribution in [0.2, 0.25) is 0 Å². The number of nitrogens with zero attached hydrogens (tertiary/aromatic N) is 2. The van der Waals surface area contributed by atoms with Crippen LogP contribution in [0.15, 0.2) is 4.60 Å². The summed E-state index contributed by atoms with van der Waals surface area (Å²) in [6.07, 6.45) is 3.59. The zero-order chi connectivity index (χ0) is 9.42. The lowest BCUT2D eigenvalue weighted by Gasteiger charge is -2.13. The number of halogens is 1. The Morgan fingerprint density at radius 2 is 2.31 bits per heavy atom. The van der Waals surface area contributed by atoms with Gasteiger partial charge in [0, 0.05) is 19.0 Å². The van der Waals surface area contributed by atoms with Crippen molar-refractivity contribution in [3.05, 3.63) is 16.1 Å². The highest BCUT2D eigenvalue weighted by atomic mass is 79.9. The third-order valence-corrected chi connectivity index (χ3v) is 3.31. The van der Waals surface area contributed by atoms with Gasteiger partial charge < -0.3 is 10.3 Å². The number of nitrogens with two attached hydrogens (primary N) is 1. The molecule has 1 atom stereocenters. The zero-order valence-corrected chi connectivity index (χ0v) is 9.34. The summed E-state index contributed by atoms with van der Waals surface area (Å²) >= 11 is 3.56. The van der Waals surface area contributed by atoms with E-state index in [1.54, 1.807) is 0 Å². The highest BCUT2D eigenvalue weighted by Crippen LogP contribution is 2.26. The number of hydrogen-bond acceptors (Lipinski definition) is 2. The Morgan fingerprint density at radius 1 is 1.54 bits per heavy atom. The van der Waals surface area contributed by atoms with Gasteiger partial charge in [0.05, 0.1) is 5.69 Å². The van der Waals surface area contributed by atoms with Crippen LogP contribution in [0.25, 0.3) is 0 Å². The molecule has 72 valence electrons. The first-order valence-corrected chi connectivity index (χ1v) is 5.50. The molecule has 0 aliphatic carbocycles. The largest absolute Gasteiger partial charge is 0.323 e. The van der Waals surface area contributed by atoms with Crippen molar-refractivity contribution in [3.8, 4) is 0 Å². The molecule has 2 N–H and O–H groups in total. The van der Waals surface area contributed by atoms with Crippen LogP contribution in [0.3, 0.4) is 0 Å². The maximum atomic E-state index is 5.82. The van der Waals surface area contributed by atoms with Crippen LogP contribution >= 0.6 is 15.9 Å². The summed E-state index contributed by atoms with van der Waals surface area (Å²) < 4.78 is 3.32. The molecule has 2 rings (SSSR count). The Hall–Kier alpha value is -0.350. The van der Waals surface area contributed by atoms with Gasteiger partial charge in [-0.05, 0) is 35.7 Å².